The largest absolute Gasteiger partial charge is 0.487 e. The Hall–Kier alpha value is -1.76. The zero-order valence-corrected chi connectivity index (χ0v) is 9.43. The Labute approximate surface area is 94.8 Å². The average molecular weight is 218 g/mol. The number of aromatic nitrogens is 1. The lowest BCUT2D eigenvalue weighted by Gasteiger charge is -2.14. The molecule has 2 rings (SSSR count). The van der Waals surface area contributed by atoms with Crippen LogP contribution in [0.2, 0.25) is 0 Å². The van der Waals surface area contributed by atoms with Gasteiger partial charge >= 0.3 is 0 Å². The fourth-order valence-corrected chi connectivity index (χ4v) is 1.32. The van der Waals surface area contributed by atoms with Crippen molar-refractivity contribution in [2.75, 3.05) is 0 Å². The van der Waals surface area contributed by atoms with Gasteiger partial charge < -0.3 is 9.47 Å². The van der Waals surface area contributed by atoms with Gasteiger partial charge in [0.05, 0.1) is 12.2 Å². The number of rotatable bonds is 4. The van der Waals surface area contributed by atoms with E-state index in [0.29, 0.717) is 17.2 Å². The van der Waals surface area contributed by atoms with Gasteiger partial charge in [0.1, 0.15) is 6.07 Å². The molecule has 1 aliphatic rings. The number of pyridine rings is 1. The summed E-state index contributed by atoms with van der Waals surface area (Å²) < 4.78 is 11.3. The molecule has 0 radical (unpaired) electrons. The average Bonchev–Trinajstić information content (AvgIpc) is 3.03. The summed E-state index contributed by atoms with van der Waals surface area (Å²) in [6.07, 6.45) is 3.93. The maximum Gasteiger partial charge on any atom is 0.198 e. The van der Waals surface area contributed by atoms with Crippen molar-refractivity contribution in [3.8, 4) is 17.6 Å². The molecule has 1 saturated carbocycles. The number of nitriles is 1. The minimum Gasteiger partial charge on any atom is -0.487 e. The Balaban J connectivity index is 2.29. The molecular formula is C12H14N2O2. The molecule has 0 N–H and O–H groups in total. The highest BCUT2D eigenvalue weighted by atomic mass is 16.5. The van der Waals surface area contributed by atoms with E-state index in [1.807, 2.05) is 19.9 Å². The molecule has 1 fully saturated rings. The van der Waals surface area contributed by atoms with E-state index in [9.17, 15) is 0 Å². The van der Waals surface area contributed by atoms with Crippen molar-refractivity contribution in [3.63, 3.8) is 0 Å². The third-order valence-corrected chi connectivity index (χ3v) is 2.15. The molecule has 4 nitrogen and oxygen atoms in total. The lowest BCUT2D eigenvalue weighted by Crippen LogP contribution is -2.09. The maximum absolute atomic E-state index is 8.96. The molecule has 84 valence electrons. The van der Waals surface area contributed by atoms with Crippen LogP contribution in [0.3, 0.4) is 0 Å². The Morgan fingerprint density at radius 1 is 1.50 bits per heavy atom. The van der Waals surface area contributed by atoms with Crippen LogP contribution in [0.4, 0.5) is 0 Å². The molecule has 1 heterocycles. The molecule has 0 amide bonds. The minimum absolute atomic E-state index is 0.0514. The van der Waals surface area contributed by atoms with Gasteiger partial charge in [0.2, 0.25) is 0 Å². The monoisotopic (exact) mass is 218 g/mol. The predicted octanol–water partition coefficient (Wildman–Crippen LogP) is 2.28. The highest BCUT2D eigenvalue weighted by Crippen LogP contribution is 2.35. The fourth-order valence-electron chi connectivity index (χ4n) is 1.32. The van der Waals surface area contributed by atoms with Gasteiger partial charge in [-0.25, -0.2) is 4.98 Å². The van der Waals surface area contributed by atoms with Crippen molar-refractivity contribution in [2.45, 2.75) is 38.9 Å². The van der Waals surface area contributed by atoms with Crippen molar-refractivity contribution >= 4 is 0 Å². The third-order valence-electron chi connectivity index (χ3n) is 2.15. The molecule has 1 aromatic rings. The second-order valence-electron chi connectivity index (χ2n) is 4.08. The van der Waals surface area contributed by atoms with Gasteiger partial charge in [0.25, 0.3) is 0 Å². The lowest BCUT2D eigenvalue weighted by atomic mass is 10.3. The van der Waals surface area contributed by atoms with Gasteiger partial charge in [0.15, 0.2) is 17.2 Å². The predicted molar refractivity (Wildman–Crippen MR) is 58.4 cm³/mol. The molecule has 0 atom stereocenters. The number of hydrogen-bond acceptors (Lipinski definition) is 4. The zero-order valence-electron chi connectivity index (χ0n) is 9.43. The number of hydrogen-bond donors (Lipinski definition) is 0. The molecule has 16 heavy (non-hydrogen) atoms. The van der Waals surface area contributed by atoms with E-state index >= 15 is 0 Å². The van der Waals surface area contributed by atoms with Gasteiger partial charge in [-0.15, -0.1) is 0 Å². The van der Waals surface area contributed by atoms with E-state index in [1.54, 1.807) is 12.3 Å². The van der Waals surface area contributed by atoms with Crippen molar-refractivity contribution in [1.82, 2.24) is 4.98 Å². The van der Waals surface area contributed by atoms with Crippen LogP contribution in [0, 0.1) is 11.3 Å². The Morgan fingerprint density at radius 3 is 2.81 bits per heavy atom. The molecule has 0 bridgehead atoms. The standard InChI is InChI=1S/C12H14N2O2/c1-8(2)15-11-5-6-14-10(7-13)12(11)16-9-3-4-9/h5-6,8-9H,3-4H2,1-2H3. The molecule has 0 aliphatic heterocycles. The number of ether oxygens (including phenoxy) is 2. The van der Waals surface area contributed by atoms with Crippen LogP contribution >= 0.6 is 0 Å². The first-order valence-corrected chi connectivity index (χ1v) is 5.43. The summed E-state index contributed by atoms with van der Waals surface area (Å²) in [6.45, 7) is 3.88. The highest BCUT2D eigenvalue weighted by Gasteiger charge is 2.27. The second-order valence-corrected chi connectivity index (χ2v) is 4.08. The number of nitrogens with zero attached hydrogens (tertiary/aromatic N) is 2. The van der Waals surface area contributed by atoms with Crippen LogP contribution in [0.15, 0.2) is 12.3 Å². The fraction of sp³-hybridized carbons (Fsp3) is 0.500. The summed E-state index contributed by atoms with van der Waals surface area (Å²) >= 11 is 0. The second kappa shape index (κ2) is 4.40. The molecule has 0 aromatic carbocycles. The van der Waals surface area contributed by atoms with E-state index in [0.717, 1.165) is 12.8 Å². The quantitative estimate of drug-likeness (QED) is 0.778. The highest BCUT2D eigenvalue weighted by molar-refractivity contribution is 5.48. The van der Waals surface area contributed by atoms with E-state index < -0.39 is 0 Å². The molecule has 0 unspecified atom stereocenters. The van der Waals surface area contributed by atoms with Crippen LogP contribution in [-0.4, -0.2) is 17.2 Å². The molecular weight excluding hydrogens is 204 g/mol. The third kappa shape index (κ3) is 2.43. The van der Waals surface area contributed by atoms with Gasteiger partial charge in [-0.2, -0.15) is 5.26 Å². The van der Waals surface area contributed by atoms with E-state index in [2.05, 4.69) is 4.98 Å². The summed E-state index contributed by atoms with van der Waals surface area (Å²) in [4.78, 5) is 3.98. The Kier molecular flexibility index (Phi) is 2.95. The maximum atomic E-state index is 8.96. The van der Waals surface area contributed by atoms with Crippen molar-refractivity contribution in [1.29, 1.82) is 5.26 Å². The van der Waals surface area contributed by atoms with Gasteiger partial charge in [-0.3, -0.25) is 0 Å². The molecule has 0 saturated heterocycles. The first-order valence-electron chi connectivity index (χ1n) is 5.43. The Morgan fingerprint density at radius 2 is 2.25 bits per heavy atom. The van der Waals surface area contributed by atoms with Crippen LogP contribution in [0.25, 0.3) is 0 Å². The summed E-state index contributed by atoms with van der Waals surface area (Å²) in [5.41, 5.74) is 0.296. The van der Waals surface area contributed by atoms with Gasteiger partial charge in [-0.1, -0.05) is 0 Å². The minimum atomic E-state index is 0.0514. The van der Waals surface area contributed by atoms with Gasteiger partial charge in [-0.05, 0) is 26.7 Å². The molecule has 1 aliphatic carbocycles. The van der Waals surface area contributed by atoms with E-state index in [4.69, 9.17) is 14.7 Å². The summed E-state index contributed by atoms with van der Waals surface area (Å²) in [5, 5.41) is 8.96. The smallest absolute Gasteiger partial charge is 0.198 e. The first kappa shape index (κ1) is 10.7. The van der Waals surface area contributed by atoms with Crippen molar-refractivity contribution in [3.05, 3.63) is 18.0 Å². The van der Waals surface area contributed by atoms with Crippen molar-refractivity contribution in [2.24, 2.45) is 0 Å². The first-order chi connectivity index (χ1) is 7.70. The Bertz CT molecular complexity index is 420. The zero-order chi connectivity index (χ0) is 11.5. The summed E-state index contributed by atoms with van der Waals surface area (Å²) in [5.74, 6) is 1.09. The van der Waals surface area contributed by atoms with Gasteiger partial charge in [0, 0.05) is 12.3 Å². The molecule has 4 heteroatoms. The van der Waals surface area contributed by atoms with E-state index in [-0.39, 0.29) is 12.2 Å². The summed E-state index contributed by atoms with van der Waals surface area (Å²) in [7, 11) is 0. The van der Waals surface area contributed by atoms with E-state index in [1.165, 1.54) is 0 Å². The van der Waals surface area contributed by atoms with Crippen LogP contribution in [0.5, 0.6) is 11.5 Å². The lowest BCUT2D eigenvalue weighted by molar-refractivity contribution is 0.216. The molecule has 1 aromatic heterocycles. The van der Waals surface area contributed by atoms with Crippen molar-refractivity contribution < 1.29 is 9.47 Å². The topological polar surface area (TPSA) is 55.1 Å². The SMILES string of the molecule is CC(C)Oc1ccnc(C#N)c1OC1CC1. The van der Waals surface area contributed by atoms with Crippen LogP contribution in [0.1, 0.15) is 32.4 Å². The summed E-state index contributed by atoms with van der Waals surface area (Å²) in [6, 6.07) is 3.76. The molecule has 0 spiro atoms. The van der Waals surface area contributed by atoms with Crippen LogP contribution < -0.4 is 9.47 Å². The van der Waals surface area contributed by atoms with Crippen LogP contribution in [-0.2, 0) is 0 Å². The normalized spacial score (nSPS) is 14.6.